The number of ether oxygens (including phenoxy) is 2. The summed E-state index contributed by atoms with van der Waals surface area (Å²) in [6, 6.07) is 5.23. The lowest BCUT2D eigenvalue weighted by molar-refractivity contribution is 0.280. The van der Waals surface area contributed by atoms with Crippen molar-refractivity contribution in [2.24, 2.45) is 5.92 Å². The number of anilines is 1. The van der Waals surface area contributed by atoms with Gasteiger partial charge in [-0.1, -0.05) is 16.8 Å². The van der Waals surface area contributed by atoms with E-state index >= 15 is 0 Å². The van der Waals surface area contributed by atoms with Gasteiger partial charge < -0.3 is 19.7 Å². The summed E-state index contributed by atoms with van der Waals surface area (Å²) in [5.41, 5.74) is 6.93. The standard InChI is InChI=1S/C14H15ClN2O3/c1-18-14-10(15)4-9(11-6-13(16)20-17-11)5-12(14)19-7-8-2-3-8/h4-6,8H,2-3,7,16H2,1H3. The number of nitrogens with two attached hydrogens (primary N) is 1. The molecule has 5 nitrogen and oxygen atoms in total. The quantitative estimate of drug-likeness (QED) is 0.915. The Labute approximate surface area is 121 Å². The second-order valence-electron chi connectivity index (χ2n) is 4.86. The van der Waals surface area contributed by atoms with E-state index in [0.29, 0.717) is 34.7 Å². The maximum Gasteiger partial charge on any atom is 0.222 e. The van der Waals surface area contributed by atoms with Gasteiger partial charge in [-0.25, -0.2) is 0 Å². The minimum absolute atomic E-state index is 0.257. The Morgan fingerprint density at radius 1 is 1.40 bits per heavy atom. The van der Waals surface area contributed by atoms with E-state index in [0.717, 1.165) is 5.56 Å². The molecule has 3 rings (SSSR count). The minimum atomic E-state index is 0.257. The second-order valence-corrected chi connectivity index (χ2v) is 5.27. The molecular formula is C14H15ClN2O3. The summed E-state index contributed by atoms with van der Waals surface area (Å²) in [5, 5.41) is 4.35. The summed E-state index contributed by atoms with van der Waals surface area (Å²) in [7, 11) is 1.57. The van der Waals surface area contributed by atoms with Crippen molar-refractivity contribution >= 4 is 17.5 Å². The first kappa shape index (κ1) is 13.1. The number of nitrogen functional groups attached to an aromatic ring is 1. The van der Waals surface area contributed by atoms with E-state index in [1.165, 1.54) is 12.8 Å². The molecule has 0 saturated heterocycles. The van der Waals surface area contributed by atoms with E-state index in [9.17, 15) is 0 Å². The van der Waals surface area contributed by atoms with Crippen LogP contribution < -0.4 is 15.2 Å². The highest BCUT2D eigenvalue weighted by Crippen LogP contribution is 2.40. The Balaban J connectivity index is 1.94. The van der Waals surface area contributed by atoms with Crippen LogP contribution in [0.25, 0.3) is 11.3 Å². The largest absolute Gasteiger partial charge is 0.491 e. The van der Waals surface area contributed by atoms with Crippen LogP contribution in [0.15, 0.2) is 22.7 Å². The summed E-state index contributed by atoms with van der Waals surface area (Å²) in [5.74, 6) is 2.05. The zero-order valence-electron chi connectivity index (χ0n) is 11.1. The van der Waals surface area contributed by atoms with Gasteiger partial charge >= 0.3 is 0 Å². The van der Waals surface area contributed by atoms with Gasteiger partial charge in [-0.2, -0.15) is 0 Å². The van der Waals surface area contributed by atoms with E-state index in [1.807, 2.05) is 6.07 Å². The predicted molar refractivity (Wildman–Crippen MR) is 76.1 cm³/mol. The van der Waals surface area contributed by atoms with Crippen LogP contribution in [0.4, 0.5) is 5.88 Å². The van der Waals surface area contributed by atoms with Crippen LogP contribution in [-0.4, -0.2) is 18.9 Å². The zero-order valence-corrected chi connectivity index (χ0v) is 11.8. The monoisotopic (exact) mass is 294 g/mol. The molecule has 6 heteroatoms. The molecule has 0 amide bonds. The number of methoxy groups -OCH3 is 1. The first-order valence-electron chi connectivity index (χ1n) is 6.40. The van der Waals surface area contributed by atoms with Gasteiger partial charge in [0.15, 0.2) is 11.5 Å². The lowest BCUT2D eigenvalue weighted by Gasteiger charge is -2.13. The van der Waals surface area contributed by atoms with Crippen molar-refractivity contribution in [2.75, 3.05) is 19.5 Å². The third kappa shape index (κ3) is 2.67. The molecule has 1 aromatic carbocycles. The maximum atomic E-state index is 6.23. The molecule has 1 fully saturated rings. The Bertz CT molecular complexity index is 623. The molecule has 1 saturated carbocycles. The number of rotatable bonds is 5. The molecule has 0 spiro atoms. The van der Waals surface area contributed by atoms with Gasteiger partial charge in [0.05, 0.1) is 18.7 Å². The van der Waals surface area contributed by atoms with Gasteiger partial charge in [-0.05, 0) is 30.9 Å². The molecule has 1 heterocycles. The zero-order chi connectivity index (χ0) is 14.1. The van der Waals surface area contributed by atoms with Crippen LogP contribution in [0, 0.1) is 5.92 Å². The molecule has 0 bridgehead atoms. The van der Waals surface area contributed by atoms with E-state index in [1.54, 1.807) is 19.2 Å². The van der Waals surface area contributed by atoms with Gasteiger partial charge in [0.1, 0.15) is 5.69 Å². The summed E-state index contributed by atoms with van der Waals surface area (Å²) in [4.78, 5) is 0. The highest BCUT2D eigenvalue weighted by Gasteiger charge is 2.23. The summed E-state index contributed by atoms with van der Waals surface area (Å²) in [6.45, 7) is 0.678. The number of nitrogens with zero attached hydrogens (tertiary/aromatic N) is 1. The lowest BCUT2D eigenvalue weighted by Crippen LogP contribution is -2.01. The van der Waals surface area contributed by atoms with Gasteiger partial charge in [-0.15, -0.1) is 0 Å². The third-order valence-corrected chi connectivity index (χ3v) is 3.49. The number of benzene rings is 1. The SMILES string of the molecule is COc1c(Cl)cc(-c2cc(N)on2)cc1OCC1CC1. The molecular weight excluding hydrogens is 280 g/mol. The molecule has 0 radical (unpaired) electrons. The molecule has 1 aliphatic carbocycles. The molecule has 106 valence electrons. The van der Waals surface area contributed by atoms with Gasteiger partial charge in [-0.3, -0.25) is 0 Å². The number of aromatic nitrogens is 1. The molecule has 0 unspecified atom stereocenters. The average Bonchev–Trinajstić information content (AvgIpc) is 3.16. The van der Waals surface area contributed by atoms with Crippen LogP contribution in [0.1, 0.15) is 12.8 Å². The fourth-order valence-electron chi connectivity index (χ4n) is 1.94. The van der Waals surface area contributed by atoms with E-state index in [2.05, 4.69) is 5.16 Å². The molecule has 0 atom stereocenters. The maximum absolute atomic E-state index is 6.23. The van der Waals surface area contributed by atoms with Crippen molar-refractivity contribution in [1.82, 2.24) is 5.16 Å². The summed E-state index contributed by atoms with van der Waals surface area (Å²) in [6.07, 6.45) is 2.44. The van der Waals surface area contributed by atoms with Crippen molar-refractivity contribution in [3.05, 3.63) is 23.2 Å². The number of hydrogen-bond donors (Lipinski definition) is 1. The smallest absolute Gasteiger partial charge is 0.222 e. The van der Waals surface area contributed by atoms with Crippen LogP contribution >= 0.6 is 11.6 Å². The Morgan fingerprint density at radius 2 is 2.20 bits per heavy atom. The molecule has 20 heavy (non-hydrogen) atoms. The molecule has 1 aliphatic rings. The summed E-state index contributed by atoms with van der Waals surface area (Å²) >= 11 is 6.23. The topological polar surface area (TPSA) is 70.5 Å². The van der Waals surface area contributed by atoms with Gasteiger partial charge in [0.2, 0.25) is 5.88 Å². The second kappa shape index (κ2) is 5.25. The first-order chi connectivity index (χ1) is 9.67. The van der Waals surface area contributed by atoms with Gasteiger partial charge in [0, 0.05) is 11.6 Å². The molecule has 0 aliphatic heterocycles. The Hall–Kier alpha value is -1.88. The first-order valence-corrected chi connectivity index (χ1v) is 6.78. The van der Waals surface area contributed by atoms with Crippen molar-refractivity contribution < 1.29 is 14.0 Å². The van der Waals surface area contributed by atoms with Crippen LogP contribution in [-0.2, 0) is 0 Å². The molecule has 2 aromatic rings. The third-order valence-electron chi connectivity index (χ3n) is 3.21. The van der Waals surface area contributed by atoms with Crippen LogP contribution in [0.5, 0.6) is 11.5 Å². The molecule has 1 aromatic heterocycles. The highest BCUT2D eigenvalue weighted by molar-refractivity contribution is 6.32. The van der Waals surface area contributed by atoms with Crippen molar-refractivity contribution in [1.29, 1.82) is 0 Å². The van der Waals surface area contributed by atoms with Crippen molar-refractivity contribution in [3.63, 3.8) is 0 Å². The number of hydrogen-bond acceptors (Lipinski definition) is 5. The fraction of sp³-hybridized carbons (Fsp3) is 0.357. The van der Waals surface area contributed by atoms with E-state index in [-0.39, 0.29) is 5.88 Å². The van der Waals surface area contributed by atoms with Crippen LogP contribution in [0.2, 0.25) is 5.02 Å². The van der Waals surface area contributed by atoms with E-state index in [4.69, 9.17) is 31.3 Å². The average molecular weight is 295 g/mol. The summed E-state index contributed by atoms with van der Waals surface area (Å²) < 4.78 is 16.0. The van der Waals surface area contributed by atoms with Crippen LogP contribution in [0.3, 0.4) is 0 Å². The predicted octanol–water partition coefficient (Wildman–Crippen LogP) is 3.37. The lowest BCUT2D eigenvalue weighted by atomic mass is 10.1. The van der Waals surface area contributed by atoms with E-state index < -0.39 is 0 Å². The Morgan fingerprint density at radius 3 is 2.80 bits per heavy atom. The number of halogens is 1. The normalized spacial score (nSPS) is 14.3. The minimum Gasteiger partial charge on any atom is -0.491 e. The van der Waals surface area contributed by atoms with Gasteiger partial charge in [0.25, 0.3) is 0 Å². The fourth-order valence-corrected chi connectivity index (χ4v) is 2.23. The highest BCUT2D eigenvalue weighted by atomic mass is 35.5. The van der Waals surface area contributed by atoms with Crippen molar-refractivity contribution in [2.45, 2.75) is 12.8 Å². The van der Waals surface area contributed by atoms with Crippen molar-refractivity contribution in [3.8, 4) is 22.8 Å². The molecule has 2 N–H and O–H groups in total. The Kier molecular flexibility index (Phi) is 3.44.